The number of imidazole rings is 1. The van der Waals surface area contributed by atoms with Gasteiger partial charge >= 0.3 is 0 Å². The van der Waals surface area contributed by atoms with Crippen LogP contribution < -0.4 is 5.32 Å². The van der Waals surface area contributed by atoms with E-state index in [-0.39, 0.29) is 0 Å². The third-order valence-corrected chi connectivity index (χ3v) is 4.69. The maximum absolute atomic E-state index is 6.17. The van der Waals surface area contributed by atoms with Gasteiger partial charge in [0.1, 0.15) is 5.65 Å². The molecule has 132 valence electrons. The van der Waals surface area contributed by atoms with Crippen LogP contribution in [0.4, 0.5) is 0 Å². The molecule has 2 aromatic heterocycles. The Hall–Kier alpha value is -1.88. The second-order valence-electron chi connectivity index (χ2n) is 6.66. The standard InChI is InChI=1S/C20H25ClN4/c1-15-19(25-14-17(21)9-10-20(25)23-15)13-22-18(11-12-24(2)3)16-7-5-4-6-8-16/h4-10,14,18,22H,11-13H2,1-3H3. The lowest BCUT2D eigenvalue weighted by Crippen LogP contribution is -2.26. The highest BCUT2D eigenvalue weighted by Gasteiger charge is 2.14. The zero-order valence-electron chi connectivity index (χ0n) is 15.0. The molecule has 0 aliphatic carbocycles. The fourth-order valence-electron chi connectivity index (χ4n) is 3.08. The van der Waals surface area contributed by atoms with E-state index in [1.165, 1.54) is 5.56 Å². The van der Waals surface area contributed by atoms with Gasteiger partial charge in [-0.3, -0.25) is 0 Å². The van der Waals surface area contributed by atoms with Crippen LogP contribution in [0, 0.1) is 6.92 Å². The van der Waals surface area contributed by atoms with Crippen molar-refractivity contribution in [1.29, 1.82) is 0 Å². The third kappa shape index (κ3) is 4.40. The molecule has 1 unspecified atom stereocenters. The quantitative estimate of drug-likeness (QED) is 0.692. The number of aromatic nitrogens is 2. The van der Waals surface area contributed by atoms with E-state index in [9.17, 15) is 0 Å². The van der Waals surface area contributed by atoms with Crippen LogP contribution in [0.25, 0.3) is 5.65 Å². The molecule has 0 fully saturated rings. The Morgan fingerprint density at radius 1 is 1.16 bits per heavy atom. The zero-order chi connectivity index (χ0) is 17.8. The summed E-state index contributed by atoms with van der Waals surface area (Å²) in [4.78, 5) is 6.85. The summed E-state index contributed by atoms with van der Waals surface area (Å²) in [6.07, 6.45) is 2.98. The molecule has 2 heterocycles. The maximum Gasteiger partial charge on any atom is 0.137 e. The van der Waals surface area contributed by atoms with E-state index in [0.717, 1.165) is 41.6 Å². The Morgan fingerprint density at radius 3 is 2.64 bits per heavy atom. The molecule has 0 saturated carbocycles. The molecule has 1 atom stereocenters. The Morgan fingerprint density at radius 2 is 1.92 bits per heavy atom. The summed E-state index contributed by atoms with van der Waals surface area (Å²) in [7, 11) is 4.22. The SMILES string of the molecule is Cc1nc2ccc(Cl)cn2c1CNC(CCN(C)C)c1ccccc1. The van der Waals surface area contributed by atoms with Gasteiger partial charge in [0.2, 0.25) is 0 Å². The van der Waals surface area contributed by atoms with E-state index in [2.05, 4.69) is 71.0 Å². The molecule has 4 nitrogen and oxygen atoms in total. The highest BCUT2D eigenvalue weighted by molar-refractivity contribution is 6.30. The highest BCUT2D eigenvalue weighted by Crippen LogP contribution is 2.20. The summed E-state index contributed by atoms with van der Waals surface area (Å²) >= 11 is 6.17. The average molecular weight is 357 g/mol. The molecule has 0 radical (unpaired) electrons. The van der Waals surface area contributed by atoms with Crippen molar-refractivity contribution in [2.24, 2.45) is 0 Å². The van der Waals surface area contributed by atoms with Crippen LogP contribution in [0.1, 0.15) is 29.4 Å². The van der Waals surface area contributed by atoms with Gasteiger partial charge in [-0.2, -0.15) is 0 Å². The number of nitrogens with zero attached hydrogens (tertiary/aromatic N) is 3. The summed E-state index contributed by atoms with van der Waals surface area (Å²) in [5, 5.41) is 4.44. The largest absolute Gasteiger partial charge is 0.309 e. The smallest absolute Gasteiger partial charge is 0.137 e. The minimum atomic E-state index is 0.299. The summed E-state index contributed by atoms with van der Waals surface area (Å²) in [5.41, 5.74) is 4.44. The van der Waals surface area contributed by atoms with E-state index < -0.39 is 0 Å². The number of benzene rings is 1. The number of pyridine rings is 1. The van der Waals surface area contributed by atoms with Crippen molar-refractivity contribution in [3.8, 4) is 0 Å². The summed E-state index contributed by atoms with van der Waals surface area (Å²) in [6.45, 7) is 3.83. The normalized spacial score (nSPS) is 12.8. The van der Waals surface area contributed by atoms with Gasteiger partial charge in [0.25, 0.3) is 0 Å². The first-order valence-corrected chi connectivity index (χ1v) is 8.98. The van der Waals surface area contributed by atoms with Crippen LogP contribution in [0.2, 0.25) is 5.02 Å². The Bertz CT molecular complexity index is 826. The zero-order valence-corrected chi connectivity index (χ0v) is 15.8. The van der Waals surface area contributed by atoms with Crippen LogP contribution in [-0.4, -0.2) is 34.9 Å². The number of halogens is 1. The Kier molecular flexibility index (Phi) is 5.74. The number of aryl methyl sites for hydroxylation is 1. The molecule has 0 spiro atoms. The van der Waals surface area contributed by atoms with Crippen LogP contribution in [0.5, 0.6) is 0 Å². The fraction of sp³-hybridized carbons (Fsp3) is 0.350. The number of hydrogen-bond donors (Lipinski definition) is 1. The van der Waals surface area contributed by atoms with E-state index >= 15 is 0 Å². The molecular formula is C20H25ClN4. The Labute approximate surface area is 154 Å². The van der Waals surface area contributed by atoms with Gasteiger partial charge in [-0.25, -0.2) is 4.98 Å². The van der Waals surface area contributed by atoms with Gasteiger partial charge in [-0.15, -0.1) is 0 Å². The average Bonchev–Trinajstić information content (AvgIpc) is 2.90. The van der Waals surface area contributed by atoms with Crippen molar-refractivity contribution in [3.63, 3.8) is 0 Å². The number of hydrogen-bond acceptors (Lipinski definition) is 3. The predicted molar refractivity (Wildman–Crippen MR) is 104 cm³/mol. The van der Waals surface area contributed by atoms with Gasteiger partial charge < -0.3 is 14.6 Å². The van der Waals surface area contributed by atoms with Gasteiger partial charge in [0.15, 0.2) is 0 Å². The minimum Gasteiger partial charge on any atom is -0.309 e. The van der Waals surface area contributed by atoms with Crippen LogP contribution in [0.15, 0.2) is 48.7 Å². The fourth-order valence-corrected chi connectivity index (χ4v) is 3.24. The van der Waals surface area contributed by atoms with Crippen molar-refractivity contribution >= 4 is 17.2 Å². The number of fused-ring (bicyclic) bond motifs is 1. The van der Waals surface area contributed by atoms with Gasteiger partial charge in [0.05, 0.1) is 16.4 Å². The minimum absolute atomic E-state index is 0.299. The molecule has 25 heavy (non-hydrogen) atoms. The molecule has 0 saturated heterocycles. The lowest BCUT2D eigenvalue weighted by Gasteiger charge is -2.21. The number of nitrogens with one attached hydrogen (secondary N) is 1. The van der Waals surface area contributed by atoms with Crippen molar-refractivity contribution in [1.82, 2.24) is 19.6 Å². The lowest BCUT2D eigenvalue weighted by atomic mass is 10.0. The van der Waals surface area contributed by atoms with Crippen molar-refractivity contribution in [3.05, 3.63) is 70.6 Å². The van der Waals surface area contributed by atoms with E-state index in [1.807, 2.05) is 18.3 Å². The number of rotatable bonds is 7. The first-order chi connectivity index (χ1) is 12.0. The molecule has 0 aliphatic heterocycles. The van der Waals surface area contributed by atoms with Gasteiger partial charge in [0, 0.05) is 18.8 Å². The van der Waals surface area contributed by atoms with Crippen LogP contribution in [0.3, 0.4) is 0 Å². The van der Waals surface area contributed by atoms with Crippen molar-refractivity contribution in [2.75, 3.05) is 20.6 Å². The molecule has 1 aromatic carbocycles. The summed E-state index contributed by atoms with van der Waals surface area (Å²) in [6, 6.07) is 14.8. The van der Waals surface area contributed by atoms with Gasteiger partial charge in [-0.1, -0.05) is 41.9 Å². The van der Waals surface area contributed by atoms with E-state index in [4.69, 9.17) is 11.6 Å². The van der Waals surface area contributed by atoms with Crippen molar-refractivity contribution < 1.29 is 0 Å². The molecule has 3 aromatic rings. The molecule has 3 rings (SSSR count). The second-order valence-corrected chi connectivity index (χ2v) is 7.09. The lowest BCUT2D eigenvalue weighted by molar-refractivity contribution is 0.359. The molecule has 5 heteroatoms. The molecular weight excluding hydrogens is 332 g/mol. The summed E-state index contributed by atoms with van der Waals surface area (Å²) in [5.74, 6) is 0. The van der Waals surface area contributed by atoms with Crippen LogP contribution in [-0.2, 0) is 6.54 Å². The van der Waals surface area contributed by atoms with E-state index in [1.54, 1.807) is 0 Å². The summed E-state index contributed by atoms with van der Waals surface area (Å²) < 4.78 is 2.08. The molecule has 1 N–H and O–H groups in total. The predicted octanol–water partition coefficient (Wildman–Crippen LogP) is 4.08. The topological polar surface area (TPSA) is 32.6 Å². The second kappa shape index (κ2) is 8.00. The third-order valence-electron chi connectivity index (χ3n) is 4.46. The van der Waals surface area contributed by atoms with E-state index in [0.29, 0.717) is 6.04 Å². The highest BCUT2D eigenvalue weighted by atomic mass is 35.5. The molecule has 0 amide bonds. The first kappa shape index (κ1) is 17.9. The first-order valence-electron chi connectivity index (χ1n) is 8.61. The van der Waals surface area contributed by atoms with Gasteiger partial charge in [-0.05, 0) is 51.7 Å². The van der Waals surface area contributed by atoms with Crippen molar-refractivity contribution in [2.45, 2.75) is 25.9 Å². The monoisotopic (exact) mass is 356 g/mol. The molecule has 0 aliphatic rings. The molecule has 0 bridgehead atoms. The Balaban J connectivity index is 1.81. The maximum atomic E-state index is 6.17. The van der Waals surface area contributed by atoms with Crippen LogP contribution >= 0.6 is 11.6 Å².